The first-order valence-electron chi connectivity index (χ1n) is 5.77. The van der Waals surface area contributed by atoms with Crippen molar-refractivity contribution in [2.75, 3.05) is 0 Å². The van der Waals surface area contributed by atoms with Crippen molar-refractivity contribution in [1.82, 2.24) is 4.98 Å². The van der Waals surface area contributed by atoms with Gasteiger partial charge in [-0.15, -0.1) is 0 Å². The van der Waals surface area contributed by atoms with Crippen molar-refractivity contribution in [2.24, 2.45) is 0 Å². The number of hydrogen-bond acceptors (Lipinski definition) is 1. The highest BCUT2D eigenvalue weighted by Gasteiger charge is 2.18. The van der Waals surface area contributed by atoms with Crippen LogP contribution in [0.1, 0.15) is 55.5 Å². The van der Waals surface area contributed by atoms with Crippen LogP contribution in [0.2, 0.25) is 0 Å². The molecule has 2 rings (SSSR count). The Bertz CT molecular complexity index is 311. The van der Waals surface area contributed by atoms with Gasteiger partial charge in [0, 0.05) is 17.3 Å². The third-order valence-electron chi connectivity index (χ3n) is 3.18. The lowest BCUT2D eigenvalue weighted by Crippen LogP contribution is -2.00. The summed E-state index contributed by atoms with van der Waals surface area (Å²) in [4.78, 5) is 4.73. The van der Waals surface area contributed by atoms with Crippen molar-refractivity contribution < 1.29 is 0 Å². The summed E-state index contributed by atoms with van der Waals surface area (Å²) >= 11 is 0. The average molecular weight is 189 g/mol. The largest absolute Gasteiger partial charge is 0.258 e. The Balaban J connectivity index is 2.27. The van der Waals surface area contributed by atoms with Crippen LogP contribution in [0.4, 0.5) is 0 Å². The molecule has 0 amide bonds. The van der Waals surface area contributed by atoms with Crippen LogP contribution in [-0.2, 0) is 6.42 Å². The maximum Gasteiger partial charge on any atom is 0.0440 e. The van der Waals surface area contributed by atoms with Gasteiger partial charge in [-0.2, -0.15) is 0 Å². The summed E-state index contributed by atoms with van der Waals surface area (Å²) < 4.78 is 0. The second-order valence-corrected chi connectivity index (χ2v) is 4.40. The van der Waals surface area contributed by atoms with E-state index >= 15 is 0 Å². The molecule has 1 nitrogen and oxygen atoms in total. The van der Waals surface area contributed by atoms with E-state index in [2.05, 4.69) is 26.0 Å². The zero-order valence-corrected chi connectivity index (χ0v) is 9.21. The molecule has 1 aromatic heterocycles. The van der Waals surface area contributed by atoms with E-state index in [4.69, 9.17) is 4.98 Å². The highest BCUT2D eigenvalue weighted by atomic mass is 14.7. The molecule has 1 heteroatoms. The molecule has 1 fully saturated rings. The molecule has 14 heavy (non-hydrogen) atoms. The zero-order chi connectivity index (χ0) is 9.97. The van der Waals surface area contributed by atoms with E-state index in [1.165, 1.54) is 42.6 Å². The SMILES string of the molecule is CCc1cc(C)cc(C2CCCC2)n1. The molecule has 0 saturated heterocycles. The number of aromatic nitrogens is 1. The van der Waals surface area contributed by atoms with E-state index in [1.54, 1.807) is 0 Å². The van der Waals surface area contributed by atoms with Crippen molar-refractivity contribution in [3.05, 3.63) is 29.1 Å². The van der Waals surface area contributed by atoms with E-state index in [0.29, 0.717) is 0 Å². The van der Waals surface area contributed by atoms with Crippen LogP contribution in [0, 0.1) is 6.92 Å². The van der Waals surface area contributed by atoms with Gasteiger partial charge >= 0.3 is 0 Å². The number of hydrogen-bond donors (Lipinski definition) is 0. The second-order valence-electron chi connectivity index (χ2n) is 4.40. The normalized spacial score (nSPS) is 17.6. The van der Waals surface area contributed by atoms with Crippen molar-refractivity contribution in [3.63, 3.8) is 0 Å². The first kappa shape index (κ1) is 9.70. The molecule has 1 saturated carbocycles. The maximum atomic E-state index is 4.73. The van der Waals surface area contributed by atoms with Gasteiger partial charge in [-0.1, -0.05) is 19.8 Å². The van der Waals surface area contributed by atoms with E-state index in [-0.39, 0.29) is 0 Å². The van der Waals surface area contributed by atoms with Gasteiger partial charge in [0.2, 0.25) is 0 Å². The zero-order valence-electron chi connectivity index (χ0n) is 9.21. The molecule has 1 aliphatic carbocycles. The molecule has 0 spiro atoms. The van der Waals surface area contributed by atoms with Crippen molar-refractivity contribution in [3.8, 4) is 0 Å². The molecule has 0 aromatic carbocycles. The van der Waals surface area contributed by atoms with Crippen molar-refractivity contribution in [1.29, 1.82) is 0 Å². The third kappa shape index (κ3) is 1.97. The third-order valence-corrected chi connectivity index (χ3v) is 3.18. The first-order chi connectivity index (χ1) is 6.79. The van der Waals surface area contributed by atoms with Gasteiger partial charge < -0.3 is 0 Å². The minimum Gasteiger partial charge on any atom is -0.258 e. The van der Waals surface area contributed by atoms with Crippen LogP contribution in [-0.4, -0.2) is 4.98 Å². The summed E-state index contributed by atoms with van der Waals surface area (Å²) in [6.07, 6.45) is 6.53. The minimum absolute atomic E-state index is 0.750. The summed E-state index contributed by atoms with van der Waals surface area (Å²) in [5.41, 5.74) is 3.98. The summed E-state index contributed by atoms with van der Waals surface area (Å²) in [6.45, 7) is 4.36. The molecule has 0 atom stereocenters. The van der Waals surface area contributed by atoms with Crippen LogP contribution in [0.3, 0.4) is 0 Å². The van der Waals surface area contributed by atoms with Gasteiger partial charge in [-0.3, -0.25) is 4.98 Å². The monoisotopic (exact) mass is 189 g/mol. The fraction of sp³-hybridized carbons (Fsp3) is 0.615. The topological polar surface area (TPSA) is 12.9 Å². The Labute approximate surface area is 86.6 Å². The molecular weight excluding hydrogens is 170 g/mol. The first-order valence-corrected chi connectivity index (χ1v) is 5.77. The van der Waals surface area contributed by atoms with E-state index in [0.717, 1.165) is 12.3 Å². The van der Waals surface area contributed by atoms with E-state index in [9.17, 15) is 0 Å². The number of aryl methyl sites for hydroxylation is 2. The molecule has 1 aromatic rings. The highest BCUT2D eigenvalue weighted by Crippen LogP contribution is 2.33. The molecular formula is C13H19N. The van der Waals surface area contributed by atoms with Gasteiger partial charge in [0.15, 0.2) is 0 Å². The highest BCUT2D eigenvalue weighted by molar-refractivity contribution is 5.23. The molecule has 0 aliphatic heterocycles. The molecule has 0 N–H and O–H groups in total. The van der Waals surface area contributed by atoms with Gasteiger partial charge in [0.25, 0.3) is 0 Å². The number of nitrogens with zero attached hydrogens (tertiary/aromatic N) is 1. The van der Waals surface area contributed by atoms with Crippen molar-refractivity contribution in [2.45, 2.75) is 51.9 Å². The number of pyridine rings is 1. The van der Waals surface area contributed by atoms with Crippen molar-refractivity contribution >= 4 is 0 Å². The fourth-order valence-corrected chi connectivity index (χ4v) is 2.38. The lowest BCUT2D eigenvalue weighted by molar-refractivity contribution is 0.690. The lowest BCUT2D eigenvalue weighted by atomic mass is 10.0. The predicted octanol–water partition coefficient (Wildman–Crippen LogP) is 3.61. The molecule has 1 heterocycles. The molecule has 0 unspecified atom stereocenters. The van der Waals surface area contributed by atoms with Crippen LogP contribution in [0.5, 0.6) is 0 Å². The molecule has 0 radical (unpaired) electrons. The molecule has 1 aliphatic rings. The average Bonchev–Trinajstić information content (AvgIpc) is 2.69. The predicted molar refractivity (Wildman–Crippen MR) is 59.6 cm³/mol. The summed E-state index contributed by atoms with van der Waals surface area (Å²) in [6, 6.07) is 4.48. The van der Waals surface area contributed by atoms with Crippen LogP contribution >= 0.6 is 0 Å². The Hall–Kier alpha value is -0.850. The molecule has 0 bridgehead atoms. The van der Waals surface area contributed by atoms with Crippen LogP contribution in [0.25, 0.3) is 0 Å². The van der Waals surface area contributed by atoms with E-state index in [1.807, 2.05) is 0 Å². The summed E-state index contributed by atoms with van der Waals surface area (Å²) in [5, 5.41) is 0. The fourth-order valence-electron chi connectivity index (χ4n) is 2.38. The van der Waals surface area contributed by atoms with Crippen LogP contribution in [0.15, 0.2) is 12.1 Å². The second kappa shape index (κ2) is 4.12. The summed E-state index contributed by atoms with van der Waals surface area (Å²) in [7, 11) is 0. The quantitative estimate of drug-likeness (QED) is 0.692. The van der Waals surface area contributed by atoms with Crippen LogP contribution < -0.4 is 0 Å². The standard InChI is InChI=1S/C13H19N/c1-3-12-8-10(2)9-13(14-12)11-6-4-5-7-11/h8-9,11H,3-7H2,1-2H3. The van der Waals surface area contributed by atoms with E-state index < -0.39 is 0 Å². The molecule has 76 valence electrons. The Morgan fingerprint density at radius 3 is 2.64 bits per heavy atom. The minimum atomic E-state index is 0.750. The Kier molecular flexibility index (Phi) is 2.85. The summed E-state index contributed by atoms with van der Waals surface area (Å²) in [5.74, 6) is 0.750. The smallest absolute Gasteiger partial charge is 0.0440 e. The van der Waals surface area contributed by atoms with Gasteiger partial charge in [-0.05, 0) is 43.9 Å². The lowest BCUT2D eigenvalue weighted by Gasteiger charge is -2.10. The van der Waals surface area contributed by atoms with Gasteiger partial charge in [-0.25, -0.2) is 0 Å². The van der Waals surface area contributed by atoms with Gasteiger partial charge in [0.1, 0.15) is 0 Å². The Morgan fingerprint density at radius 2 is 2.00 bits per heavy atom. The number of rotatable bonds is 2. The maximum absolute atomic E-state index is 4.73. The Morgan fingerprint density at radius 1 is 1.29 bits per heavy atom. The van der Waals surface area contributed by atoms with Gasteiger partial charge in [0.05, 0.1) is 0 Å².